The van der Waals surface area contributed by atoms with Crippen molar-refractivity contribution in [3.63, 3.8) is 0 Å². The van der Waals surface area contributed by atoms with Gasteiger partial charge in [-0.05, 0) is 50.7 Å². The average Bonchev–Trinajstić information content (AvgIpc) is 2.98. The molecule has 0 aliphatic carbocycles. The maximum Gasteiger partial charge on any atom is 0.200 e. The van der Waals surface area contributed by atoms with Crippen LogP contribution in [0.15, 0.2) is 18.2 Å². The van der Waals surface area contributed by atoms with Gasteiger partial charge in [0.15, 0.2) is 28.4 Å². The molecule has 1 heterocycles. The summed E-state index contributed by atoms with van der Waals surface area (Å²) < 4.78 is 69.4. The minimum Gasteiger partial charge on any atom is -0.332 e. The van der Waals surface area contributed by atoms with Gasteiger partial charge in [-0.15, -0.1) is 0 Å². The highest BCUT2D eigenvalue weighted by Crippen LogP contribution is 2.27. The summed E-state index contributed by atoms with van der Waals surface area (Å²) in [6, 6.07) is 5.24. The van der Waals surface area contributed by atoms with E-state index in [-0.39, 0.29) is 5.11 Å². The molecule has 0 aliphatic rings. The molecular formula is C20H16ClF5N4S. The number of hydrogen-bond donors (Lipinski definition) is 2. The zero-order valence-corrected chi connectivity index (χ0v) is 18.1. The van der Waals surface area contributed by atoms with Gasteiger partial charge in [-0.25, -0.2) is 22.0 Å². The van der Waals surface area contributed by atoms with Crippen molar-refractivity contribution in [3.8, 4) is 0 Å². The fourth-order valence-electron chi connectivity index (χ4n) is 2.97. The first kappa shape index (κ1) is 23.0. The predicted molar refractivity (Wildman–Crippen MR) is 113 cm³/mol. The minimum absolute atomic E-state index is 0.201. The summed E-state index contributed by atoms with van der Waals surface area (Å²) in [6.45, 7) is 4.38. The van der Waals surface area contributed by atoms with Gasteiger partial charge in [0, 0.05) is 10.7 Å². The maximum absolute atomic E-state index is 14.0. The molecular weight excluding hydrogens is 459 g/mol. The number of aromatic nitrogens is 2. The Labute approximate surface area is 185 Å². The average molecular weight is 475 g/mol. The number of halogens is 6. The molecule has 3 rings (SSSR count). The second-order valence-electron chi connectivity index (χ2n) is 6.79. The molecule has 0 saturated heterocycles. The van der Waals surface area contributed by atoms with Crippen LogP contribution < -0.4 is 10.6 Å². The number of aryl methyl sites for hydroxylation is 2. The van der Waals surface area contributed by atoms with Gasteiger partial charge >= 0.3 is 0 Å². The zero-order valence-electron chi connectivity index (χ0n) is 16.5. The van der Waals surface area contributed by atoms with E-state index in [4.69, 9.17) is 23.8 Å². The molecule has 0 spiro atoms. The first-order valence-electron chi connectivity index (χ1n) is 8.89. The highest BCUT2D eigenvalue weighted by atomic mass is 35.5. The third-order valence-corrected chi connectivity index (χ3v) is 5.12. The van der Waals surface area contributed by atoms with Crippen molar-refractivity contribution >= 4 is 40.3 Å². The Hall–Kier alpha value is -2.72. The van der Waals surface area contributed by atoms with Gasteiger partial charge in [-0.1, -0.05) is 17.7 Å². The fraction of sp³-hybridized carbons (Fsp3) is 0.200. The second kappa shape index (κ2) is 8.80. The number of anilines is 2. The third-order valence-electron chi connectivity index (χ3n) is 4.68. The molecule has 0 bridgehead atoms. The molecule has 164 valence electrons. The van der Waals surface area contributed by atoms with E-state index in [1.807, 2.05) is 13.0 Å². The van der Waals surface area contributed by atoms with Crippen LogP contribution in [0, 0.1) is 49.9 Å². The molecule has 31 heavy (non-hydrogen) atoms. The van der Waals surface area contributed by atoms with E-state index in [1.165, 1.54) is 0 Å². The Morgan fingerprint density at radius 2 is 1.55 bits per heavy atom. The molecule has 4 nitrogen and oxygen atoms in total. The molecule has 2 N–H and O–H groups in total. The standard InChI is InChI=1S/C20H16ClF5N4S/c1-8-4-5-11(21)6-13(8)27-20(31)28-19-9(2)29-30(10(19)3)7-12-14(22)16(24)18(26)17(25)15(12)23/h4-6H,7H2,1-3H3,(H2,27,28,31). The molecule has 2 aromatic carbocycles. The molecule has 11 heteroatoms. The molecule has 0 aliphatic heterocycles. The summed E-state index contributed by atoms with van der Waals surface area (Å²) in [5.41, 5.74) is 1.81. The Morgan fingerprint density at radius 1 is 0.968 bits per heavy atom. The van der Waals surface area contributed by atoms with E-state index in [1.54, 1.807) is 26.0 Å². The summed E-state index contributed by atoms with van der Waals surface area (Å²) in [6.07, 6.45) is 0. The molecule has 1 aromatic heterocycles. The van der Waals surface area contributed by atoms with Crippen LogP contribution in [0.1, 0.15) is 22.5 Å². The van der Waals surface area contributed by atoms with Crippen molar-refractivity contribution in [2.24, 2.45) is 0 Å². The SMILES string of the molecule is Cc1ccc(Cl)cc1NC(=S)Nc1c(C)nn(Cc2c(F)c(F)c(F)c(F)c2F)c1C. The number of rotatable bonds is 4. The second-order valence-corrected chi connectivity index (χ2v) is 7.63. The fourth-order valence-corrected chi connectivity index (χ4v) is 3.35. The van der Waals surface area contributed by atoms with E-state index >= 15 is 0 Å². The van der Waals surface area contributed by atoms with Crippen molar-refractivity contribution in [1.82, 2.24) is 9.78 Å². The van der Waals surface area contributed by atoms with Crippen LogP contribution in [0.2, 0.25) is 5.02 Å². The van der Waals surface area contributed by atoms with Crippen molar-refractivity contribution in [1.29, 1.82) is 0 Å². The topological polar surface area (TPSA) is 41.9 Å². The summed E-state index contributed by atoms with van der Waals surface area (Å²) >= 11 is 11.3. The zero-order chi connectivity index (χ0) is 23.0. The predicted octanol–water partition coefficient (Wildman–Crippen LogP) is 6.01. The van der Waals surface area contributed by atoms with Crippen molar-refractivity contribution < 1.29 is 22.0 Å². The summed E-state index contributed by atoms with van der Waals surface area (Å²) in [5.74, 6) is -10.0. The maximum atomic E-state index is 14.0. The van der Waals surface area contributed by atoms with E-state index in [2.05, 4.69) is 15.7 Å². The molecule has 0 unspecified atom stereocenters. The third kappa shape index (κ3) is 4.49. The minimum atomic E-state index is -2.21. The monoisotopic (exact) mass is 474 g/mol. The van der Waals surface area contributed by atoms with E-state index < -0.39 is 41.2 Å². The lowest BCUT2D eigenvalue weighted by Crippen LogP contribution is -2.20. The van der Waals surface area contributed by atoms with Crippen LogP contribution in [-0.2, 0) is 6.54 Å². The Balaban J connectivity index is 1.87. The molecule has 3 aromatic rings. The van der Waals surface area contributed by atoms with Crippen LogP contribution in [0.4, 0.5) is 33.3 Å². The Kier molecular flexibility index (Phi) is 6.51. The van der Waals surface area contributed by atoms with Gasteiger partial charge in [0.05, 0.1) is 29.2 Å². The molecule has 0 saturated carbocycles. The lowest BCUT2D eigenvalue weighted by molar-refractivity contribution is 0.366. The smallest absolute Gasteiger partial charge is 0.200 e. The molecule has 0 radical (unpaired) electrons. The van der Waals surface area contributed by atoms with Gasteiger partial charge in [0.1, 0.15) is 0 Å². The van der Waals surface area contributed by atoms with Crippen molar-refractivity contribution in [3.05, 3.63) is 74.8 Å². The quantitative estimate of drug-likeness (QED) is 0.210. The number of hydrogen-bond acceptors (Lipinski definition) is 2. The first-order chi connectivity index (χ1) is 14.5. The highest BCUT2D eigenvalue weighted by molar-refractivity contribution is 7.80. The largest absolute Gasteiger partial charge is 0.332 e. The van der Waals surface area contributed by atoms with Gasteiger partial charge in [0.25, 0.3) is 0 Å². The number of benzene rings is 2. The van der Waals surface area contributed by atoms with Crippen molar-refractivity contribution in [2.75, 3.05) is 10.6 Å². The summed E-state index contributed by atoms with van der Waals surface area (Å²) in [7, 11) is 0. The first-order valence-corrected chi connectivity index (χ1v) is 9.68. The number of thiocarbonyl (C=S) groups is 1. The normalized spacial score (nSPS) is 11.0. The van der Waals surface area contributed by atoms with Gasteiger partial charge in [-0.2, -0.15) is 5.10 Å². The van der Waals surface area contributed by atoms with Crippen LogP contribution in [-0.4, -0.2) is 14.9 Å². The van der Waals surface area contributed by atoms with Crippen LogP contribution in [0.25, 0.3) is 0 Å². The van der Waals surface area contributed by atoms with Gasteiger partial charge < -0.3 is 10.6 Å². The lowest BCUT2D eigenvalue weighted by Gasteiger charge is -2.13. The van der Waals surface area contributed by atoms with Crippen LogP contribution in [0.5, 0.6) is 0 Å². The van der Waals surface area contributed by atoms with E-state index in [0.717, 1.165) is 10.2 Å². The highest BCUT2D eigenvalue weighted by Gasteiger charge is 2.26. The molecule has 0 fully saturated rings. The Morgan fingerprint density at radius 3 is 2.16 bits per heavy atom. The van der Waals surface area contributed by atoms with Gasteiger partial charge in [-0.3, -0.25) is 4.68 Å². The van der Waals surface area contributed by atoms with E-state index in [9.17, 15) is 22.0 Å². The number of nitrogens with one attached hydrogen (secondary N) is 2. The molecule has 0 amide bonds. The summed E-state index contributed by atoms with van der Waals surface area (Å²) in [5, 5.41) is 10.8. The van der Waals surface area contributed by atoms with Crippen molar-refractivity contribution in [2.45, 2.75) is 27.3 Å². The number of nitrogens with zero attached hydrogens (tertiary/aromatic N) is 2. The van der Waals surface area contributed by atoms with Crippen LogP contribution >= 0.6 is 23.8 Å². The summed E-state index contributed by atoms with van der Waals surface area (Å²) in [4.78, 5) is 0. The molecule has 0 atom stereocenters. The Bertz CT molecular complexity index is 1170. The van der Waals surface area contributed by atoms with E-state index in [0.29, 0.717) is 27.8 Å². The van der Waals surface area contributed by atoms with Crippen LogP contribution in [0.3, 0.4) is 0 Å². The van der Waals surface area contributed by atoms with Gasteiger partial charge in [0.2, 0.25) is 5.82 Å². The lowest BCUT2D eigenvalue weighted by atomic mass is 10.1.